The summed E-state index contributed by atoms with van der Waals surface area (Å²) in [5, 5.41) is 17.9. The number of benzene rings is 2. The molecule has 2 aromatic rings. The van der Waals surface area contributed by atoms with Gasteiger partial charge < -0.3 is 20.5 Å². The maximum absolute atomic E-state index is 14.6. The quantitative estimate of drug-likeness (QED) is 0.804. The molecule has 4 nitrogen and oxygen atoms in total. The van der Waals surface area contributed by atoms with Crippen LogP contribution in [0, 0.1) is 5.82 Å². The van der Waals surface area contributed by atoms with Gasteiger partial charge >= 0.3 is 0 Å². The number of ether oxygens (including phenoxy) is 1. The molecule has 1 fully saturated rings. The lowest BCUT2D eigenvalue weighted by Crippen LogP contribution is -2.58. The standard InChI is InChI=1S/C17H21FN2O2/c1-11(21)17(14-10-19-8-9-20-14)22-15-7-6-12-4-2-3-5-13(12)16(15)18/h2-7,11,14,17,19-21H,8-10H2,1H3. The maximum Gasteiger partial charge on any atom is 0.172 e. The van der Waals surface area contributed by atoms with E-state index in [1.165, 1.54) is 0 Å². The van der Waals surface area contributed by atoms with Crippen molar-refractivity contribution in [3.05, 3.63) is 42.2 Å². The largest absolute Gasteiger partial charge is 0.483 e. The Morgan fingerprint density at radius 3 is 2.77 bits per heavy atom. The van der Waals surface area contributed by atoms with E-state index in [9.17, 15) is 9.50 Å². The van der Waals surface area contributed by atoms with Gasteiger partial charge in [-0.25, -0.2) is 4.39 Å². The van der Waals surface area contributed by atoms with Crippen molar-refractivity contribution in [1.29, 1.82) is 0 Å². The lowest BCUT2D eigenvalue weighted by Gasteiger charge is -2.33. The van der Waals surface area contributed by atoms with Crippen molar-refractivity contribution < 1.29 is 14.2 Å². The van der Waals surface area contributed by atoms with Gasteiger partial charge in [0.15, 0.2) is 11.6 Å². The van der Waals surface area contributed by atoms with Crippen LogP contribution in [-0.4, -0.2) is 43.0 Å². The number of halogens is 1. The molecule has 1 aliphatic rings. The number of piperazine rings is 1. The summed E-state index contributed by atoms with van der Waals surface area (Å²) < 4.78 is 20.4. The van der Waals surface area contributed by atoms with Gasteiger partial charge in [-0.05, 0) is 18.4 Å². The van der Waals surface area contributed by atoms with Crippen molar-refractivity contribution in [2.24, 2.45) is 0 Å². The first kappa shape index (κ1) is 15.2. The molecule has 5 heteroatoms. The van der Waals surface area contributed by atoms with E-state index in [1.807, 2.05) is 18.2 Å². The summed E-state index contributed by atoms with van der Waals surface area (Å²) in [6.07, 6.45) is -1.22. The minimum absolute atomic E-state index is 0.0559. The smallest absolute Gasteiger partial charge is 0.172 e. The molecule has 3 rings (SSSR count). The first-order chi connectivity index (χ1) is 10.7. The molecule has 1 aliphatic heterocycles. The molecule has 22 heavy (non-hydrogen) atoms. The van der Waals surface area contributed by atoms with Gasteiger partial charge in [0.05, 0.1) is 12.1 Å². The van der Waals surface area contributed by atoms with E-state index in [-0.39, 0.29) is 17.6 Å². The van der Waals surface area contributed by atoms with Gasteiger partial charge in [0.2, 0.25) is 0 Å². The van der Waals surface area contributed by atoms with E-state index in [4.69, 9.17) is 4.74 Å². The van der Waals surface area contributed by atoms with Gasteiger partial charge in [0.1, 0.15) is 6.10 Å². The Balaban J connectivity index is 1.87. The normalized spacial score (nSPS) is 21.5. The van der Waals surface area contributed by atoms with E-state index in [1.54, 1.807) is 25.1 Å². The van der Waals surface area contributed by atoms with E-state index >= 15 is 0 Å². The summed E-state index contributed by atoms with van der Waals surface area (Å²) >= 11 is 0. The molecule has 3 atom stereocenters. The first-order valence-electron chi connectivity index (χ1n) is 7.63. The summed E-state index contributed by atoms with van der Waals surface area (Å²) in [5.74, 6) is -0.204. The highest BCUT2D eigenvalue weighted by Gasteiger charge is 2.29. The third-order valence-electron chi connectivity index (χ3n) is 4.04. The van der Waals surface area contributed by atoms with Gasteiger partial charge in [-0.1, -0.05) is 30.3 Å². The van der Waals surface area contributed by atoms with Crippen LogP contribution in [-0.2, 0) is 0 Å². The van der Waals surface area contributed by atoms with Gasteiger partial charge in [-0.15, -0.1) is 0 Å². The Hall–Kier alpha value is -1.69. The van der Waals surface area contributed by atoms with Crippen LogP contribution in [0.3, 0.4) is 0 Å². The number of aliphatic hydroxyl groups excluding tert-OH is 1. The van der Waals surface area contributed by atoms with E-state index < -0.39 is 12.2 Å². The Morgan fingerprint density at radius 2 is 2.05 bits per heavy atom. The number of fused-ring (bicyclic) bond motifs is 1. The fourth-order valence-electron chi connectivity index (χ4n) is 2.88. The Kier molecular flexibility index (Phi) is 4.57. The van der Waals surface area contributed by atoms with Crippen LogP contribution in [0.25, 0.3) is 10.8 Å². The molecular formula is C17H21FN2O2. The third-order valence-corrected chi connectivity index (χ3v) is 4.04. The second-order valence-corrected chi connectivity index (χ2v) is 5.69. The average Bonchev–Trinajstić information content (AvgIpc) is 2.55. The van der Waals surface area contributed by atoms with Crippen LogP contribution in [0.4, 0.5) is 4.39 Å². The molecule has 3 unspecified atom stereocenters. The molecular weight excluding hydrogens is 283 g/mol. The second kappa shape index (κ2) is 6.60. The molecule has 1 heterocycles. The molecule has 0 aliphatic carbocycles. The van der Waals surface area contributed by atoms with Gasteiger partial charge in [0.25, 0.3) is 0 Å². The predicted molar refractivity (Wildman–Crippen MR) is 84.7 cm³/mol. The van der Waals surface area contributed by atoms with Crippen LogP contribution >= 0.6 is 0 Å². The highest BCUT2D eigenvalue weighted by molar-refractivity contribution is 5.84. The van der Waals surface area contributed by atoms with Crippen LogP contribution in [0.1, 0.15) is 6.92 Å². The second-order valence-electron chi connectivity index (χ2n) is 5.69. The Bertz CT molecular complexity index is 642. The number of rotatable bonds is 4. The lowest BCUT2D eigenvalue weighted by atomic mass is 10.0. The highest BCUT2D eigenvalue weighted by Crippen LogP contribution is 2.27. The minimum atomic E-state index is -0.705. The molecule has 0 aromatic heterocycles. The highest BCUT2D eigenvalue weighted by atomic mass is 19.1. The molecule has 0 bridgehead atoms. The molecule has 0 amide bonds. The topological polar surface area (TPSA) is 53.5 Å². The number of hydrogen-bond donors (Lipinski definition) is 3. The number of hydrogen-bond acceptors (Lipinski definition) is 4. The molecule has 0 spiro atoms. The fraction of sp³-hybridized carbons (Fsp3) is 0.412. The van der Waals surface area contributed by atoms with E-state index in [0.717, 1.165) is 18.5 Å². The molecule has 2 aromatic carbocycles. The SMILES string of the molecule is CC(O)C(Oc1ccc2ccccc2c1F)C1CNCCN1. The zero-order valence-electron chi connectivity index (χ0n) is 12.6. The maximum atomic E-state index is 14.6. The minimum Gasteiger partial charge on any atom is -0.483 e. The van der Waals surface area contributed by atoms with Gasteiger partial charge in [-0.3, -0.25) is 0 Å². The van der Waals surface area contributed by atoms with Crippen molar-refractivity contribution in [3.63, 3.8) is 0 Å². The van der Waals surface area contributed by atoms with Crippen LogP contribution in [0.2, 0.25) is 0 Å². The summed E-state index contributed by atoms with van der Waals surface area (Å²) in [6, 6.07) is 10.7. The molecule has 118 valence electrons. The number of nitrogens with one attached hydrogen (secondary N) is 2. The first-order valence-corrected chi connectivity index (χ1v) is 7.63. The van der Waals surface area contributed by atoms with Crippen LogP contribution in [0.15, 0.2) is 36.4 Å². The average molecular weight is 304 g/mol. The predicted octanol–water partition coefficient (Wildman–Crippen LogP) is 1.67. The van der Waals surface area contributed by atoms with Gasteiger partial charge in [-0.2, -0.15) is 0 Å². The molecule has 1 saturated heterocycles. The summed E-state index contributed by atoms with van der Waals surface area (Å²) in [7, 11) is 0. The number of aliphatic hydroxyl groups is 1. The van der Waals surface area contributed by atoms with Gasteiger partial charge in [0, 0.05) is 25.0 Å². The zero-order chi connectivity index (χ0) is 15.5. The summed E-state index contributed by atoms with van der Waals surface area (Å²) in [4.78, 5) is 0. The van der Waals surface area contributed by atoms with Crippen molar-refractivity contribution in [2.75, 3.05) is 19.6 Å². The van der Waals surface area contributed by atoms with Crippen molar-refractivity contribution in [1.82, 2.24) is 10.6 Å². The van der Waals surface area contributed by atoms with Crippen LogP contribution < -0.4 is 15.4 Å². The Morgan fingerprint density at radius 1 is 1.23 bits per heavy atom. The van der Waals surface area contributed by atoms with Crippen molar-refractivity contribution >= 4 is 10.8 Å². The van der Waals surface area contributed by atoms with E-state index in [0.29, 0.717) is 11.9 Å². The molecule has 0 saturated carbocycles. The Labute approximate surface area is 129 Å². The fourth-order valence-corrected chi connectivity index (χ4v) is 2.88. The third kappa shape index (κ3) is 3.06. The van der Waals surface area contributed by atoms with Crippen molar-refractivity contribution in [2.45, 2.75) is 25.2 Å². The summed E-state index contributed by atoms with van der Waals surface area (Å²) in [5.41, 5.74) is 0. The van der Waals surface area contributed by atoms with E-state index in [2.05, 4.69) is 10.6 Å². The van der Waals surface area contributed by atoms with Crippen LogP contribution in [0.5, 0.6) is 5.75 Å². The van der Waals surface area contributed by atoms with Crippen molar-refractivity contribution in [3.8, 4) is 5.75 Å². The zero-order valence-corrected chi connectivity index (χ0v) is 12.6. The summed E-state index contributed by atoms with van der Waals surface area (Å²) in [6.45, 7) is 4.04. The molecule has 0 radical (unpaired) electrons. The lowest BCUT2D eigenvalue weighted by molar-refractivity contribution is 0.0189. The monoisotopic (exact) mass is 304 g/mol. The molecule has 3 N–H and O–H groups in total.